The van der Waals surface area contributed by atoms with Gasteiger partial charge in [0.2, 0.25) is 0 Å². The number of nitrogens with zero attached hydrogens (tertiary/aromatic N) is 1. The van der Waals surface area contributed by atoms with Crippen molar-refractivity contribution in [2.45, 2.75) is 13.0 Å². The number of furan rings is 1. The Morgan fingerprint density at radius 2 is 1.92 bits per heavy atom. The minimum atomic E-state index is -0.978. The summed E-state index contributed by atoms with van der Waals surface area (Å²) in [5.41, 5.74) is 0.889. The van der Waals surface area contributed by atoms with Gasteiger partial charge in [0.25, 0.3) is 11.1 Å². The molecule has 3 rings (SSSR count). The molecule has 0 unspecified atom stereocenters. The third-order valence-electron chi connectivity index (χ3n) is 3.78. The summed E-state index contributed by atoms with van der Waals surface area (Å²) in [4.78, 5) is 37.3. The van der Waals surface area contributed by atoms with E-state index < -0.39 is 23.2 Å². The number of benzene rings is 1. The fourth-order valence-corrected chi connectivity index (χ4v) is 3.57. The van der Waals surface area contributed by atoms with Gasteiger partial charge in [0.1, 0.15) is 17.6 Å². The van der Waals surface area contributed by atoms with Crippen molar-refractivity contribution in [2.75, 3.05) is 7.11 Å². The van der Waals surface area contributed by atoms with Gasteiger partial charge in [-0.15, -0.1) is 0 Å². The third-order valence-corrected chi connectivity index (χ3v) is 5.19. The molecule has 1 aliphatic rings. The Kier molecular flexibility index (Phi) is 5.33. The van der Waals surface area contributed by atoms with Crippen LogP contribution in [0.25, 0.3) is 17.4 Å². The number of ether oxygens (including phenoxy) is 1. The Morgan fingerprint density at radius 3 is 2.58 bits per heavy atom. The predicted octanol–water partition coefficient (Wildman–Crippen LogP) is 4.31. The fourth-order valence-electron chi connectivity index (χ4n) is 2.42. The van der Waals surface area contributed by atoms with Crippen molar-refractivity contribution in [1.82, 2.24) is 4.90 Å². The van der Waals surface area contributed by atoms with Crippen LogP contribution in [-0.4, -0.2) is 35.2 Å². The second-order valence-electron chi connectivity index (χ2n) is 5.46. The maximum Gasteiger partial charge on any atom is 0.328 e. The molecule has 2 aromatic rings. The minimum absolute atomic E-state index is 0.197. The lowest BCUT2D eigenvalue weighted by Gasteiger charge is -2.18. The molecule has 0 aliphatic carbocycles. The van der Waals surface area contributed by atoms with E-state index in [2.05, 4.69) is 20.7 Å². The summed E-state index contributed by atoms with van der Waals surface area (Å²) in [6.45, 7) is 1.45. The first-order valence-electron chi connectivity index (χ1n) is 7.61. The van der Waals surface area contributed by atoms with E-state index in [0.717, 1.165) is 26.7 Å². The Bertz CT molecular complexity index is 903. The second-order valence-corrected chi connectivity index (χ2v) is 7.37. The van der Waals surface area contributed by atoms with E-state index in [-0.39, 0.29) is 4.91 Å². The molecule has 1 aliphatic heterocycles. The Balaban J connectivity index is 1.83. The van der Waals surface area contributed by atoms with E-state index in [0.29, 0.717) is 11.5 Å². The van der Waals surface area contributed by atoms with E-state index in [1.165, 1.54) is 20.1 Å². The number of methoxy groups -OCH3 is 1. The summed E-state index contributed by atoms with van der Waals surface area (Å²) >= 11 is 4.14. The molecule has 1 aromatic carbocycles. The Labute approximate surface area is 162 Å². The van der Waals surface area contributed by atoms with Gasteiger partial charge in [-0.05, 0) is 43.0 Å². The van der Waals surface area contributed by atoms with Crippen molar-refractivity contribution in [1.29, 1.82) is 0 Å². The first-order chi connectivity index (χ1) is 12.4. The van der Waals surface area contributed by atoms with Crippen LogP contribution in [0, 0.1) is 0 Å². The lowest BCUT2D eigenvalue weighted by Crippen LogP contribution is -2.42. The monoisotopic (exact) mass is 435 g/mol. The predicted molar refractivity (Wildman–Crippen MR) is 101 cm³/mol. The zero-order chi connectivity index (χ0) is 18.8. The third kappa shape index (κ3) is 3.61. The fraction of sp³-hybridized carbons (Fsp3) is 0.167. The molecule has 0 spiro atoms. The van der Waals surface area contributed by atoms with E-state index in [1.54, 1.807) is 12.1 Å². The van der Waals surface area contributed by atoms with Gasteiger partial charge in [-0.1, -0.05) is 28.1 Å². The van der Waals surface area contributed by atoms with Crippen molar-refractivity contribution in [2.24, 2.45) is 0 Å². The highest BCUT2D eigenvalue weighted by atomic mass is 79.9. The summed E-state index contributed by atoms with van der Waals surface area (Å²) in [5, 5.41) is -0.515. The molecular formula is C18H14BrNO5S. The highest BCUT2D eigenvalue weighted by Gasteiger charge is 2.41. The van der Waals surface area contributed by atoms with Crippen LogP contribution >= 0.6 is 27.7 Å². The number of hydrogen-bond donors (Lipinski definition) is 0. The molecule has 0 saturated carbocycles. The van der Waals surface area contributed by atoms with Crippen LogP contribution in [0.1, 0.15) is 12.7 Å². The van der Waals surface area contributed by atoms with E-state index in [1.807, 2.05) is 24.3 Å². The van der Waals surface area contributed by atoms with Gasteiger partial charge in [0.15, 0.2) is 0 Å². The molecular weight excluding hydrogens is 422 g/mol. The van der Waals surface area contributed by atoms with E-state index in [9.17, 15) is 14.4 Å². The van der Waals surface area contributed by atoms with E-state index >= 15 is 0 Å². The average Bonchev–Trinajstić information content (AvgIpc) is 3.19. The number of amides is 2. The van der Waals surface area contributed by atoms with E-state index in [4.69, 9.17) is 4.42 Å². The maximum atomic E-state index is 12.5. The van der Waals surface area contributed by atoms with Crippen molar-refractivity contribution < 1.29 is 23.5 Å². The van der Waals surface area contributed by atoms with Crippen LogP contribution in [0.15, 0.2) is 50.2 Å². The summed E-state index contributed by atoms with van der Waals surface area (Å²) in [7, 11) is 1.21. The van der Waals surface area contributed by atoms with Gasteiger partial charge >= 0.3 is 5.97 Å². The summed E-state index contributed by atoms with van der Waals surface area (Å²) in [6.07, 6.45) is 1.50. The number of thioether (sulfide) groups is 1. The van der Waals surface area contributed by atoms with Crippen LogP contribution in [0.2, 0.25) is 0 Å². The number of imide groups is 1. The van der Waals surface area contributed by atoms with Gasteiger partial charge in [0.05, 0.1) is 12.0 Å². The van der Waals surface area contributed by atoms with Crippen molar-refractivity contribution in [3.8, 4) is 11.3 Å². The summed E-state index contributed by atoms with van der Waals surface area (Å²) in [5.74, 6) is -0.103. The lowest BCUT2D eigenvalue weighted by molar-refractivity contribution is -0.148. The van der Waals surface area contributed by atoms with Crippen LogP contribution in [0.5, 0.6) is 0 Å². The molecule has 2 amide bonds. The Morgan fingerprint density at radius 1 is 1.23 bits per heavy atom. The molecule has 0 bridgehead atoms. The Hall–Kier alpha value is -2.32. The number of halogens is 1. The highest BCUT2D eigenvalue weighted by molar-refractivity contribution is 9.10. The molecule has 1 aromatic heterocycles. The highest BCUT2D eigenvalue weighted by Crippen LogP contribution is 2.34. The number of esters is 1. The largest absolute Gasteiger partial charge is 0.467 e. The normalized spacial score (nSPS) is 17.0. The zero-order valence-corrected chi connectivity index (χ0v) is 16.3. The zero-order valence-electron chi connectivity index (χ0n) is 13.9. The average molecular weight is 436 g/mol. The molecule has 6 nitrogen and oxygen atoms in total. The van der Waals surface area contributed by atoms with Crippen molar-refractivity contribution in [3.63, 3.8) is 0 Å². The SMILES string of the molecule is COC(=O)[C@H](C)N1C(=O)S/C(=C\c2ccc(-c3ccc(Br)cc3)o2)C1=O. The van der Waals surface area contributed by atoms with Gasteiger partial charge in [-0.25, -0.2) is 4.79 Å². The second kappa shape index (κ2) is 7.51. The van der Waals surface area contributed by atoms with Gasteiger partial charge in [-0.2, -0.15) is 0 Å². The lowest BCUT2D eigenvalue weighted by atomic mass is 10.2. The smallest absolute Gasteiger partial charge is 0.328 e. The van der Waals surface area contributed by atoms with Gasteiger partial charge in [-0.3, -0.25) is 14.5 Å². The molecule has 8 heteroatoms. The first-order valence-corrected chi connectivity index (χ1v) is 9.22. The summed E-state index contributed by atoms with van der Waals surface area (Å²) in [6, 6.07) is 10.1. The molecule has 0 N–H and O–H groups in total. The van der Waals surface area contributed by atoms with Crippen LogP contribution < -0.4 is 0 Å². The standard InChI is InChI=1S/C18H14BrNO5S/c1-10(17(22)24-2)20-16(21)15(26-18(20)23)9-13-7-8-14(25-13)11-3-5-12(19)6-4-11/h3-10H,1-2H3/b15-9-/t10-/m0/s1. The first kappa shape index (κ1) is 18.5. The minimum Gasteiger partial charge on any atom is -0.467 e. The quantitative estimate of drug-likeness (QED) is 0.525. The molecule has 0 radical (unpaired) electrons. The molecule has 2 heterocycles. The van der Waals surface area contributed by atoms with Crippen LogP contribution in [0.3, 0.4) is 0 Å². The topological polar surface area (TPSA) is 76.8 Å². The number of carbonyl (C=O) groups is 3. The van der Waals surface area contributed by atoms with Crippen molar-refractivity contribution >= 4 is 50.9 Å². The summed E-state index contributed by atoms with van der Waals surface area (Å²) < 4.78 is 11.3. The number of rotatable bonds is 4. The maximum absolute atomic E-state index is 12.5. The molecule has 1 fully saturated rings. The number of carbonyl (C=O) groups excluding carboxylic acids is 3. The number of hydrogen-bond acceptors (Lipinski definition) is 6. The molecule has 134 valence electrons. The van der Waals surface area contributed by atoms with Crippen LogP contribution in [-0.2, 0) is 14.3 Å². The van der Waals surface area contributed by atoms with Crippen LogP contribution in [0.4, 0.5) is 4.79 Å². The molecule has 1 atom stereocenters. The molecule has 1 saturated heterocycles. The molecule has 26 heavy (non-hydrogen) atoms. The van der Waals surface area contributed by atoms with Crippen molar-refractivity contribution in [3.05, 3.63) is 51.5 Å². The van der Waals surface area contributed by atoms with Gasteiger partial charge in [0, 0.05) is 16.1 Å². The van der Waals surface area contributed by atoms with Gasteiger partial charge < -0.3 is 9.15 Å².